The van der Waals surface area contributed by atoms with Crippen molar-refractivity contribution >= 4 is 16.8 Å². The van der Waals surface area contributed by atoms with Crippen molar-refractivity contribution in [2.45, 2.75) is 19.4 Å². The number of carbonyl (C=O) groups excluding carboxylic acids is 1. The largest absolute Gasteiger partial charge is 0.337 e. The van der Waals surface area contributed by atoms with Gasteiger partial charge in [-0.05, 0) is 25.5 Å². The zero-order valence-corrected chi connectivity index (χ0v) is 11.0. The van der Waals surface area contributed by atoms with Crippen LogP contribution in [0, 0.1) is 6.92 Å². The second-order valence-corrected chi connectivity index (χ2v) is 5.13. The van der Waals surface area contributed by atoms with Crippen LogP contribution < -0.4 is 5.73 Å². The van der Waals surface area contributed by atoms with E-state index < -0.39 is 0 Å². The highest BCUT2D eigenvalue weighted by Crippen LogP contribution is 2.21. The average Bonchev–Trinajstić information content (AvgIpc) is 2.83. The minimum absolute atomic E-state index is 0.0645. The Kier molecular flexibility index (Phi) is 2.95. The van der Waals surface area contributed by atoms with Gasteiger partial charge < -0.3 is 10.6 Å². The van der Waals surface area contributed by atoms with Crippen molar-refractivity contribution in [3.63, 3.8) is 0 Å². The molecule has 1 aliphatic heterocycles. The second-order valence-electron chi connectivity index (χ2n) is 5.13. The summed E-state index contributed by atoms with van der Waals surface area (Å²) in [7, 11) is 0. The number of aryl methyl sites for hydroxylation is 1. The summed E-state index contributed by atoms with van der Waals surface area (Å²) < 4.78 is 0. The fourth-order valence-corrected chi connectivity index (χ4v) is 2.63. The van der Waals surface area contributed by atoms with Crippen molar-refractivity contribution in [2.24, 2.45) is 5.73 Å². The molecule has 1 saturated heterocycles. The third kappa shape index (κ3) is 2.19. The first-order valence-electron chi connectivity index (χ1n) is 6.56. The number of nitrogens with zero attached hydrogens (tertiary/aromatic N) is 2. The molecule has 2 heterocycles. The van der Waals surface area contributed by atoms with E-state index in [1.165, 1.54) is 0 Å². The highest BCUT2D eigenvalue weighted by molar-refractivity contribution is 6.06. The predicted molar refractivity (Wildman–Crippen MR) is 75.0 cm³/mol. The van der Waals surface area contributed by atoms with Crippen LogP contribution in [0.5, 0.6) is 0 Å². The van der Waals surface area contributed by atoms with Gasteiger partial charge in [-0.15, -0.1) is 0 Å². The van der Waals surface area contributed by atoms with Crippen molar-refractivity contribution in [3.8, 4) is 0 Å². The van der Waals surface area contributed by atoms with E-state index in [-0.39, 0.29) is 11.9 Å². The minimum atomic E-state index is 0.0645. The number of hydrogen-bond acceptors (Lipinski definition) is 3. The quantitative estimate of drug-likeness (QED) is 0.844. The molecule has 0 spiro atoms. The lowest BCUT2D eigenvalue weighted by Crippen LogP contribution is -2.32. The molecule has 1 amide bonds. The Hall–Kier alpha value is -1.94. The molecule has 0 bridgehead atoms. The standard InChI is InChI=1S/C15H17N3O/c1-10-8-13(12-4-2-3-5-14(12)17-10)15(19)18-7-6-11(16)9-18/h2-5,8,11H,6-7,9,16H2,1H3. The van der Waals surface area contributed by atoms with Crippen LogP contribution in [-0.2, 0) is 0 Å². The summed E-state index contributed by atoms with van der Waals surface area (Å²) in [6, 6.07) is 9.74. The molecule has 1 atom stereocenters. The fraction of sp³-hybridized carbons (Fsp3) is 0.333. The van der Waals surface area contributed by atoms with Crippen molar-refractivity contribution in [3.05, 3.63) is 41.6 Å². The normalized spacial score (nSPS) is 19.1. The Morgan fingerprint density at radius 2 is 2.21 bits per heavy atom. The molecule has 0 saturated carbocycles. The van der Waals surface area contributed by atoms with Gasteiger partial charge in [-0.2, -0.15) is 0 Å². The minimum Gasteiger partial charge on any atom is -0.337 e. The maximum Gasteiger partial charge on any atom is 0.254 e. The summed E-state index contributed by atoms with van der Waals surface area (Å²) in [5.41, 5.74) is 8.35. The highest BCUT2D eigenvalue weighted by atomic mass is 16.2. The maximum atomic E-state index is 12.6. The van der Waals surface area contributed by atoms with Crippen molar-refractivity contribution in [1.82, 2.24) is 9.88 Å². The molecule has 1 fully saturated rings. The summed E-state index contributed by atoms with van der Waals surface area (Å²) in [5.74, 6) is 0.0645. The van der Waals surface area contributed by atoms with Crippen LogP contribution in [0.2, 0.25) is 0 Å². The van der Waals surface area contributed by atoms with Crippen LogP contribution in [0.3, 0.4) is 0 Å². The molecular formula is C15H17N3O. The molecular weight excluding hydrogens is 238 g/mol. The number of para-hydroxylation sites is 1. The van der Waals surface area contributed by atoms with Crippen LogP contribution >= 0.6 is 0 Å². The van der Waals surface area contributed by atoms with Gasteiger partial charge in [0.15, 0.2) is 0 Å². The zero-order chi connectivity index (χ0) is 13.4. The van der Waals surface area contributed by atoms with E-state index in [0.717, 1.165) is 35.1 Å². The van der Waals surface area contributed by atoms with Crippen LogP contribution in [0.25, 0.3) is 10.9 Å². The van der Waals surface area contributed by atoms with Gasteiger partial charge in [0.25, 0.3) is 5.91 Å². The molecule has 1 aromatic heterocycles. The maximum absolute atomic E-state index is 12.6. The first-order valence-corrected chi connectivity index (χ1v) is 6.56. The van der Waals surface area contributed by atoms with Crippen molar-refractivity contribution in [1.29, 1.82) is 0 Å². The van der Waals surface area contributed by atoms with Gasteiger partial charge in [-0.1, -0.05) is 18.2 Å². The molecule has 3 rings (SSSR count). The monoisotopic (exact) mass is 255 g/mol. The molecule has 0 radical (unpaired) electrons. The van der Waals surface area contributed by atoms with Crippen molar-refractivity contribution < 1.29 is 4.79 Å². The molecule has 2 N–H and O–H groups in total. The third-order valence-electron chi connectivity index (χ3n) is 3.59. The van der Waals surface area contributed by atoms with Gasteiger partial charge in [0, 0.05) is 30.2 Å². The van der Waals surface area contributed by atoms with Crippen LogP contribution in [0.4, 0.5) is 0 Å². The average molecular weight is 255 g/mol. The van der Waals surface area contributed by atoms with Crippen molar-refractivity contribution in [2.75, 3.05) is 13.1 Å². The van der Waals surface area contributed by atoms with E-state index in [2.05, 4.69) is 4.98 Å². The van der Waals surface area contributed by atoms with Gasteiger partial charge in [0.05, 0.1) is 11.1 Å². The Morgan fingerprint density at radius 1 is 1.42 bits per heavy atom. The lowest BCUT2D eigenvalue weighted by Gasteiger charge is -2.17. The van der Waals surface area contributed by atoms with Crippen LogP contribution in [0.1, 0.15) is 22.5 Å². The van der Waals surface area contributed by atoms with Gasteiger partial charge in [-0.25, -0.2) is 0 Å². The summed E-state index contributed by atoms with van der Waals surface area (Å²) >= 11 is 0. The van der Waals surface area contributed by atoms with E-state index in [9.17, 15) is 4.79 Å². The first kappa shape index (κ1) is 12.1. The van der Waals surface area contributed by atoms with E-state index >= 15 is 0 Å². The number of nitrogens with two attached hydrogens (primary N) is 1. The lowest BCUT2D eigenvalue weighted by atomic mass is 10.1. The molecule has 0 aliphatic carbocycles. The topological polar surface area (TPSA) is 59.2 Å². The number of likely N-dealkylation sites (tertiary alicyclic amines) is 1. The summed E-state index contributed by atoms with van der Waals surface area (Å²) in [6.45, 7) is 3.31. The van der Waals surface area contributed by atoms with E-state index in [4.69, 9.17) is 5.73 Å². The summed E-state index contributed by atoms with van der Waals surface area (Å²) in [6.07, 6.45) is 0.883. The summed E-state index contributed by atoms with van der Waals surface area (Å²) in [5, 5.41) is 0.915. The van der Waals surface area contributed by atoms with Gasteiger partial charge in [0.2, 0.25) is 0 Å². The van der Waals surface area contributed by atoms with E-state index in [1.54, 1.807) is 0 Å². The molecule has 4 nitrogen and oxygen atoms in total. The number of carbonyl (C=O) groups is 1. The molecule has 1 unspecified atom stereocenters. The number of rotatable bonds is 1. The molecule has 1 aromatic carbocycles. The number of amides is 1. The van der Waals surface area contributed by atoms with E-state index in [1.807, 2.05) is 42.2 Å². The van der Waals surface area contributed by atoms with Gasteiger partial charge >= 0.3 is 0 Å². The van der Waals surface area contributed by atoms with Gasteiger partial charge in [0.1, 0.15) is 0 Å². The molecule has 2 aromatic rings. The second kappa shape index (κ2) is 4.63. The fourth-order valence-electron chi connectivity index (χ4n) is 2.63. The van der Waals surface area contributed by atoms with Gasteiger partial charge in [-0.3, -0.25) is 9.78 Å². The van der Waals surface area contributed by atoms with Crippen LogP contribution in [-0.4, -0.2) is 34.9 Å². The molecule has 1 aliphatic rings. The zero-order valence-electron chi connectivity index (χ0n) is 11.0. The highest BCUT2D eigenvalue weighted by Gasteiger charge is 2.25. The Labute approximate surface area is 112 Å². The number of benzene rings is 1. The predicted octanol–water partition coefficient (Wildman–Crippen LogP) is 1.72. The molecule has 19 heavy (non-hydrogen) atoms. The SMILES string of the molecule is Cc1cc(C(=O)N2CCC(N)C2)c2ccccc2n1. The Bertz CT molecular complexity index is 638. The number of fused-ring (bicyclic) bond motifs is 1. The van der Waals surface area contributed by atoms with E-state index in [0.29, 0.717) is 6.54 Å². The number of pyridine rings is 1. The van der Waals surface area contributed by atoms with Crippen LogP contribution in [0.15, 0.2) is 30.3 Å². The summed E-state index contributed by atoms with van der Waals surface area (Å²) in [4.78, 5) is 18.9. The Balaban J connectivity index is 2.06. The third-order valence-corrected chi connectivity index (χ3v) is 3.59. The smallest absolute Gasteiger partial charge is 0.254 e. The lowest BCUT2D eigenvalue weighted by molar-refractivity contribution is 0.0792. The number of hydrogen-bond donors (Lipinski definition) is 1. The number of aromatic nitrogens is 1. The first-order chi connectivity index (χ1) is 9.15. The molecule has 98 valence electrons. The molecule has 4 heteroatoms. The Morgan fingerprint density at radius 3 is 2.95 bits per heavy atom.